The molecule has 1 unspecified atom stereocenters. The number of hydrogen-bond acceptors (Lipinski definition) is 2. The van der Waals surface area contributed by atoms with E-state index in [-0.39, 0.29) is 0 Å². The summed E-state index contributed by atoms with van der Waals surface area (Å²) < 4.78 is 0. The molecule has 18 heavy (non-hydrogen) atoms. The van der Waals surface area contributed by atoms with Gasteiger partial charge in [0.25, 0.3) is 0 Å². The molecule has 0 aromatic carbocycles. The topological polar surface area (TPSA) is 15.3 Å². The molecule has 0 aromatic heterocycles. The van der Waals surface area contributed by atoms with Crippen molar-refractivity contribution in [3.63, 3.8) is 0 Å². The fourth-order valence-electron chi connectivity index (χ4n) is 2.16. The Morgan fingerprint density at radius 2 is 1.44 bits per heavy atom. The lowest BCUT2D eigenvalue weighted by molar-refractivity contribution is 0.364. The average Bonchev–Trinajstić information content (AvgIpc) is 2.34. The van der Waals surface area contributed by atoms with E-state index < -0.39 is 0 Å². The van der Waals surface area contributed by atoms with Crippen LogP contribution in [0.5, 0.6) is 0 Å². The number of unbranched alkanes of at least 4 members (excludes halogenated alkanes) is 7. The normalized spacial score (nSPS) is 13.2. The second-order valence-corrected chi connectivity index (χ2v) is 5.92. The van der Waals surface area contributed by atoms with E-state index in [1.165, 1.54) is 70.9 Å². The van der Waals surface area contributed by atoms with Gasteiger partial charge in [0.15, 0.2) is 0 Å². The molecule has 0 heterocycles. The summed E-state index contributed by atoms with van der Waals surface area (Å²) in [5, 5.41) is 3.62. The van der Waals surface area contributed by atoms with E-state index in [9.17, 15) is 0 Å². The van der Waals surface area contributed by atoms with Crippen LogP contribution in [0.25, 0.3) is 0 Å². The Hall–Kier alpha value is -0.0800. The van der Waals surface area contributed by atoms with E-state index >= 15 is 0 Å². The van der Waals surface area contributed by atoms with E-state index in [1.807, 2.05) is 0 Å². The molecule has 0 aliphatic carbocycles. The predicted molar refractivity (Wildman–Crippen MR) is 83.2 cm³/mol. The van der Waals surface area contributed by atoms with Gasteiger partial charge in [0.1, 0.15) is 0 Å². The van der Waals surface area contributed by atoms with Crippen molar-refractivity contribution >= 4 is 0 Å². The van der Waals surface area contributed by atoms with Crippen molar-refractivity contribution in [1.29, 1.82) is 0 Å². The maximum atomic E-state index is 3.62. The van der Waals surface area contributed by atoms with E-state index in [1.54, 1.807) is 0 Å². The zero-order chi connectivity index (χ0) is 13.6. The molecule has 2 nitrogen and oxygen atoms in total. The lowest BCUT2D eigenvalue weighted by Gasteiger charge is -2.16. The summed E-state index contributed by atoms with van der Waals surface area (Å²) >= 11 is 0. The number of nitrogens with zero attached hydrogens (tertiary/aromatic N) is 1. The van der Waals surface area contributed by atoms with Crippen LogP contribution in [0.15, 0.2) is 0 Å². The highest BCUT2D eigenvalue weighted by Crippen LogP contribution is 2.08. The number of rotatable bonds is 13. The van der Waals surface area contributed by atoms with Crippen LogP contribution < -0.4 is 5.32 Å². The van der Waals surface area contributed by atoms with Gasteiger partial charge in [-0.05, 0) is 47.0 Å². The Bertz CT molecular complexity index is 157. The first-order valence-corrected chi connectivity index (χ1v) is 8.05. The van der Waals surface area contributed by atoms with Crippen LogP contribution in [-0.2, 0) is 0 Å². The van der Waals surface area contributed by atoms with Gasteiger partial charge in [-0.25, -0.2) is 0 Å². The predicted octanol–water partition coefficient (Wildman–Crippen LogP) is 4.06. The van der Waals surface area contributed by atoms with Crippen LogP contribution in [0.3, 0.4) is 0 Å². The van der Waals surface area contributed by atoms with Crippen LogP contribution in [0.2, 0.25) is 0 Å². The smallest absolute Gasteiger partial charge is 0.00508 e. The Morgan fingerprint density at radius 1 is 0.889 bits per heavy atom. The lowest BCUT2D eigenvalue weighted by Crippen LogP contribution is -2.30. The molecule has 0 bridgehead atoms. The van der Waals surface area contributed by atoms with Crippen molar-refractivity contribution in [2.75, 3.05) is 27.2 Å². The molecule has 0 aliphatic rings. The van der Waals surface area contributed by atoms with E-state index in [4.69, 9.17) is 0 Å². The molecule has 0 amide bonds. The van der Waals surface area contributed by atoms with Gasteiger partial charge in [0.05, 0.1) is 0 Å². The zero-order valence-corrected chi connectivity index (χ0v) is 13.3. The van der Waals surface area contributed by atoms with Crippen LogP contribution in [0, 0.1) is 0 Å². The minimum absolute atomic E-state index is 0.664. The highest BCUT2D eigenvalue weighted by Gasteiger charge is 2.01. The van der Waals surface area contributed by atoms with Gasteiger partial charge in [-0.1, -0.05) is 51.9 Å². The Balaban J connectivity index is 3.10. The summed E-state index contributed by atoms with van der Waals surface area (Å²) in [6.45, 7) is 6.96. The van der Waals surface area contributed by atoms with Crippen molar-refractivity contribution < 1.29 is 0 Å². The molecule has 2 heteroatoms. The van der Waals surface area contributed by atoms with Crippen LogP contribution in [0.4, 0.5) is 0 Å². The van der Waals surface area contributed by atoms with Gasteiger partial charge in [-0.15, -0.1) is 0 Å². The molecule has 0 radical (unpaired) electrons. The summed E-state index contributed by atoms with van der Waals surface area (Å²) in [5.41, 5.74) is 0. The SMILES string of the molecule is CCCCCCCCCCNC(C)CCN(C)C. The van der Waals surface area contributed by atoms with Gasteiger partial charge < -0.3 is 10.2 Å². The maximum Gasteiger partial charge on any atom is 0.00508 e. The summed E-state index contributed by atoms with van der Waals surface area (Å²) in [5.74, 6) is 0. The standard InChI is InChI=1S/C16H36N2/c1-5-6-7-8-9-10-11-12-14-17-16(2)13-15-18(3)4/h16-17H,5-15H2,1-4H3. The second-order valence-electron chi connectivity index (χ2n) is 5.92. The van der Waals surface area contributed by atoms with E-state index in [2.05, 4.69) is 38.2 Å². The first-order chi connectivity index (χ1) is 8.66. The van der Waals surface area contributed by atoms with E-state index in [0.29, 0.717) is 6.04 Å². The van der Waals surface area contributed by atoms with Gasteiger partial charge >= 0.3 is 0 Å². The van der Waals surface area contributed by atoms with Crippen molar-refractivity contribution in [2.24, 2.45) is 0 Å². The summed E-state index contributed by atoms with van der Waals surface area (Å²) in [6.07, 6.45) is 12.5. The second kappa shape index (κ2) is 13.4. The molecule has 0 aromatic rings. The van der Waals surface area contributed by atoms with Crippen LogP contribution >= 0.6 is 0 Å². The Labute approximate surface area is 116 Å². The van der Waals surface area contributed by atoms with Crippen molar-refractivity contribution in [3.05, 3.63) is 0 Å². The monoisotopic (exact) mass is 256 g/mol. The minimum atomic E-state index is 0.664. The average molecular weight is 256 g/mol. The van der Waals surface area contributed by atoms with Crippen LogP contribution in [0.1, 0.15) is 71.6 Å². The molecule has 1 atom stereocenters. The minimum Gasteiger partial charge on any atom is -0.314 e. The third kappa shape index (κ3) is 14.0. The summed E-state index contributed by atoms with van der Waals surface area (Å²) in [7, 11) is 4.29. The molecule has 1 N–H and O–H groups in total. The number of nitrogens with one attached hydrogen (secondary N) is 1. The summed E-state index contributed by atoms with van der Waals surface area (Å²) in [4.78, 5) is 2.26. The maximum absolute atomic E-state index is 3.62. The first-order valence-electron chi connectivity index (χ1n) is 8.05. The highest BCUT2D eigenvalue weighted by atomic mass is 15.1. The van der Waals surface area contributed by atoms with Crippen molar-refractivity contribution in [2.45, 2.75) is 77.7 Å². The highest BCUT2D eigenvalue weighted by molar-refractivity contribution is 4.62. The zero-order valence-electron chi connectivity index (χ0n) is 13.3. The Kier molecular flexibility index (Phi) is 13.3. The third-order valence-electron chi connectivity index (χ3n) is 3.53. The molecular formula is C16H36N2. The lowest BCUT2D eigenvalue weighted by atomic mass is 10.1. The largest absolute Gasteiger partial charge is 0.314 e. The Morgan fingerprint density at radius 3 is 2.00 bits per heavy atom. The summed E-state index contributed by atoms with van der Waals surface area (Å²) in [6, 6.07) is 0.664. The third-order valence-corrected chi connectivity index (χ3v) is 3.53. The first kappa shape index (κ1) is 17.9. The molecular weight excluding hydrogens is 220 g/mol. The molecule has 0 aliphatic heterocycles. The van der Waals surface area contributed by atoms with Gasteiger partial charge in [0, 0.05) is 6.04 Å². The van der Waals surface area contributed by atoms with Crippen molar-refractivity contribution in [3.8, 4) is 0 Å². The quantitative estimate of drug-likeness (QED) is 0.500. The van der Waals surface area contributed by atoms with Gasteiger partial charge in [0.2, 0.25) is 0 Å². The molecule has 0 saturated carbocycles. The number of hydrogen-bond donors (Lipinski definition) is 1. The van der Waals surface area contributed by atoms with Crippen LogP contribution in [-0.4, -0.2) is 38.1 Å². The molecule has 0 rings (SSSR count). The molecule has 0 spiro atoms. The van der Waals surface area contributed by atoms with Gasteiger partial charge in [-0.3, -0.25) is 0 Å². The fraction of sp³-hybridized carbons (Fsp3) is 1.00. The van der Waals surface area contributed by atoms with Crippen molar-refractivity contribution in [1.82, 2.24) is 10.2 Å². The van der Waals surface area contributed by atoms with E-state index in [0.717, 1.165) is 0 Å². The molecule has 0 fully saturated rings. The fourth-order valence-corrected chi connectivity index (χ4v) is 2.16. The van der Waals surface area contributed by atoms with Gasteiger partial charge in [-0.2, -0.15) is 0 Å². The molecule has 0 saturated heterocycles. The molecule has 110 valence electrons.